The van der Waals surface area contributed by atoms with Gasteiger partial charge in [0.2, 0.25) is 0 Å². The molecule has 1 unspecified atom stereocenters. The van der Waals surface area contributed by atoms with Crippen molar-refractivity contribution in [2.45, 2.75) is 5.92 Å². The topological polar surface area (TPSA) is 0 Å². The molecule has 0 radical (unpaired) electrons. The number of hydrogen-bond donors (Lipinski definition) is 0. The van der Waals surface area contributed by atoms with Crippen molar-refractivity contribution in [3.8, 4) is 22.3 Å². The van der Waals surface area contributed by atoms with Gasteiger partial charge >= 0.3 is 0 Å². The monoisotopic (exact) mass is 474 g/mol. The number of halogens is 2. The van der Waals surface area contributed by atoms with E-state index in [4.69, 9.17) is 0 Å². The SMILES string of the molecule is Brc1ccccc1-c1cccc2c1C(c1ccccc1Br)c1ccccc1-2. The van der Waals surface area contributed by atoms with Crippen molar-refractivity contribution >= 4 is 31.9 Å². The van der Waals surface area contributed by atoms with Crippen LogP contribution < -0.4 is 0 Å². The zero-order valence-corrected chi connectivity index (χ0v) is 17.7. The molecule has 0 N–H and O–H groups in total. The van der Waals surface area contributed by atoms with Crippen molar-refractivity contribution in [3.63, 3.8) is 0 Å². The lowest BCUT2D eigenvalue weighted by atomic mass is 9.85. The molecule has 1 aliphatic rings. The molecular weight excluding hydrogens is 460 g/mol. The van der Waals surface area contributed by atoms with E-state index in [0.717, 1.165) is 8.95 Å². The largest absolute Gasteiger partial charge is 0.0619 e. The van der Waals surface area contributed by atoms with Gasteiger partial charge in [0.1, 0.15) is 0 Å². The third-order valence-corrected chi connectivity index (χ3v) is 6.75. The van der Waals surface area contributed by atoms with Gasteiger partial charge in [-0.15, -0.1) is 0 Å². The van der Waals surface area contributed by atoms with Crippen LogP contribution in [0.1, 0.15) is 22.6 Å². The maximum atomic E-state index is 3.80. The van der Waals surface area contributed by atoms with E-state index in [9.17, 15) is 0 Å². The minimum absolute atomic E-state index is 0.218. The van der Waals surface area contributed by atoms with Crippen LogP contribution in [-0.2, 0) is 0 Å². The Kier molecular flexibility index (Phi) is 4.26. The van der Waals surface area contributed by atoms with E-state index in [0.29, 0.717) is 0 Å². The molecule has 4 aromatic carbocycles. The first kappa shape index (κ1) is 17.0. The van der Waals surface area contributed by atoms with Gasteiger partial charge in [-0.1, -0.05) is 111 Å². The Hall–Kier alpha value is -2.16. The van der Waals surface area contributed by atoms with Crippen LogP contribution in [0.4, 0.5) is 0 Å². The molecule has 1 aliphatic carbocycles. The summed E-state index contributed by atoms with van der Waals surface area (Å²) in [5.74, 6) is 0.218. The van der Waals surface area contributed by atoms with Crippen molar-refractivity contribution < 1.29 is 0 Å². The van der Waals surface area contributed by atoms with E-state index in [2.05, 4.69) is 123 Å². The molecule has 2 heteroatoms. The second-order valence-electron chi connectivity index (χ2n) is 6.79. The van der Waals surface area contributed by atoms with Crippen LogP contribution in [0.25, 0.3) is 22.3 Å². The fourth-order valence-corrected chi connectivity index (χ4v) is 5.22. The third kappa shape index (κ3) is 2.70. The van der Waals surface area contributed by atoms with Gasteiger partial charge in [0, 0.05) is 14.9 Å². The van der Waals surface area contributed by atoms with Gasteiger partial charge in [-0.2, -0.15) is 0 Å². The van der Waals surface area contributed by atoms with Gasteiger partial charge in [-0.05, 0) is 51.1 Å². The maximum absolute atomic E-state index is 3.80. The van der Waals surface area contributed by atoms with Gasteiger partial charge in [0.05, 0.1) is 0 Å². The summed E-state index contributed by atoms with van der Waals surface area (Å²) in [6.45, 7) is 0. The van der Waals surface area contributed by atoms with Crippen molar-refractivity contribution in [1.29, 1.82) is 0 Å². The van der Waals surface area contributed by atoms with Crippen LogP contribution >= 0.6 is 31.9 Å². The Morgan fingerprint density at radius 2 is 0.963 bits per heavy atom. The molecule has 1 atom stereocenters. The molecule has 130 valence electrons. The number of benzene rings is 4. The third-order valence-electron chi connectivity index (χ3n) is 5.34. The number of fused-ring (bicyclic) bond motifs is 3. The summed E-state index contributed by atoms with van der Waals surface area (Å²) in [6.07, 6.45) is 0. The highest BCUT2D eigenvalue weighted by Crippen LogP contribution is 2.53. The highest BCUT2D eigenvalue weighted by atomic mass is 79.9. The van der Waals surface area contributed by atoms with Crippen LogP contribution in [0, 0.1) is 0 Å². The van der Waals surface area contributed by atoms with Crippen molar-refractivity contribution in [2.75, 3.05) is 0 Å². The smallest absolute Gasteiger partial charge is 0.0369 e. The van der Waals surface area contributed by atoms with E-state index in [-0.39, 0.29) is 5.92 Å². The Labute approximate surface area is 176 Å². The Morgan fingerprint density at radius 3 is 1.67 bits per heavy atom. The molecule has 5 rings (SSSR count). The predicted molar refractivity (Wildman–Crippen MR) is 120 cm³/mol. The fraction of sp³-hybridized carbons (Fsp3) is 0.0400. The average molecular weight is 476 g/mol. The molecule has 0 aromatic heterocycles. The van der Waals surface area contributed by atoms with E-state index in [1.807, 2.05) is 0 Å². The maximum Gasteiger partial charge on any atom is 0.0369 e. The second-order valence-corrected chi connectivity index (χ2v) is 8.50. The van der Waals surface area contributed by atoms with Crippen molar-refractivity contribution in [3.05, 3.63) is 117 Å². The van der Waals surface area contributed by atoms with Crippen molar-refractivity contribution in [2.24, 2.45) is 0 Å². The molecule has 0 bridgehead atoms. The van der Waals surface area contributed by atoms with E-state index >= 15 is 0 Å². The van der Waals surface area contributed by atoms with Crippen LogP contribution in [0.2, 0.25) is 0 Å². The highest BCUT2D eigenvalue weighted by molar-refractivity contribution is 9.10. The van der Waals surface area contributed by atoms with Gasteiger partial charge in [-0.25, -0.2) is 0 Å². The molecule has 4 aromatic rings. The summed E-state index contributed by atoms with van der Waals surface area (Å²) in [4.78, 5) is 0. The lowest BCUT2D eigenvalue weighted by Gasteiger charge is -2.20. The predicted octanol–water partition coefficient (Wildman–Crippen LogP) is 8.04. The first-order chi connectivity index (χ1) is 13.3. The van der Waals surface area contributed by atoms with Crippen molar-refractivity contribution in [1.82, 2.24) is 0 Å². The lowest BCUT2D eigenvalue weighted by Crippen LogP contribution is -2.02. The molecule has 0 heterocycles. The van der Waals surface area contributed by atoms with Gasteiger partial charge < -0.3 is 0 Å². The fourth-order valence-electron chi connectivity index (χ4n) is 4.21. The summed E-state index contributed by atoms with van der Waals surface area (Å²) in [5, 5.41) is 0. The summed E-state index contributed by atoms with van der Waals surface area (Å²) in [5.41, 5.74) is 9.26. The Bertz CT molecular complexity index is 1160. The van der Waals surface area contributed by atoms with Crippen LogP contribution in [0.3, 0.4) is 0 Å². The minimum Gasteiger partial charge on any atom is -0.0619 e. The van der Waals surface area contributed by atoms with Gasteiger partial charge in [0.15, 0.2) is 0 Å². The molecule has 27 heavy (non-hydrogen) atoms. The number of hydrogen-bond acceptors (Lipinski definition) is 0. The molecule has 0 aliphatic heterocycles. The molecule has 0 saturated carbocycles. The van der Waals surface area contributed by atoms with Gasteiger partial charge in [-0.3, -0.25) is 0 Å². The van der Waals surface area contributed by atoms with Crippen LogP contribution in [0.15, 0.2) is 99.9 Å². The normalized spacial score (nSPS) is 14.7. The molecule has 0 saturated heterocycles. The number of rotatable bonds is 2. The zero-order chi connectivity index (χ0) is 18.4. The lowest BCUT2D eigenvalue weighted by molar-refractivity contribution is 1.01. The molecule has 0 nitrogen and oxygen atoms in total. The Morgan fingerprint density at radius 1 is 0.444 bits per heavy atom. The Balaban J connectivity index is 1.86. The summed E-state index contributed by atoms with van der Waals surface area (Å²) < 4.78 is 2.28. The highest BCUT2D eigenvalue weighted by Gasteiger charge is 2.33. The van der Waals surface area contributed by atoms with Gasteiger partial charge in [0.25, 0.3) is 0 Å². The van der Waals surface area contributed by atoms with E-state index in [1.165, 1.54) is 38.9 Å². The second kappa shape index (κ2) is 6.78. The van der Waals surface area contributed by atoms with E-state index < -0.39 is 0 Å². The summed E-state index contributed by atoms with van der Waals surface area (Å²) in [7, 11) is 0. The molecule has 0 fully saturated rings. The molecule has 0 amide bonds. The minimum atomic E-state index is 0.218. The summed E-state index contributed by atoms with van der Waals surface area (Å²) >= 11 is 7.55. The quantitative estimate of drug-likeness (QED) is 0.242. The standard InChI is InChI=1S/C25H16Br2/c26-22-14-5-3-9-17(22)20-13-7-12-19-16-8-1-2-10-18(16)25(24(19)20)21-11-4-6-15-23(21)27/h1-15,25H. The van der Waals surface area contributed by atoms with Crippen LogP contribution in [-0.4, -0.2) is 0 Å². The van der Waals surface area contributed by atoms with Crippen LogP contribution in [0.5, 0.6) is 0 Å². The zero-order valence-electron chi connectivity index (χ0n) is 14.5. The van der Waals surface area contributed by atoms with E-state index in [1.54, 1.807) is 0 Å². The first-order valence-electron chi connectivity index (χ1n) is 8.97. The molecule has 0 spiro atoms. The molecular formula is C25H16Br2. The first-order valence-corrected chi connectivity index (χ1v) is 10.6. The summed E-state index contributed by atoms with van der Waals surface area (Å²) in [6, 6.07) is 32.5. The average Bonchev–Trinajstić information content (AvgIpc) is 3.04.